The molecule has 168 valence electrons. The number of ether oxygens (including phenoxy) is 1. The summed E-state index contributed by atoms with van der Waals surface area (Å²) in [7, 11) is 1.31. The molecule has 6 nitrogen and oxygen atoms in total. The number of esters is 1. The molecular weight excluding hydrogens is 436 g/mol. The number of benzene rings is 3. The lowest BCUT2D eigenvalue weighted by molar-refractivity contribution is -0.117. The van der Waals surface area contributed by atoms with Crippen molar-refractivity contribution < 1.29 is 19.1 Å². The van der Waals surface area contributed by atoms with Crippen LogP contribution in [0.15, 0.2) is 76.5 Å². The molecule has 0 radical (unpaired) electrons. The first-order chi connectivity index (χ1) is 15.9. The number of fused-ring (bicyclic) bond motifs is 2. The quantitative estimate of drug-likeness (QED) is 0.504. The highest BCUT2D eigenvalue weighted by Gasteiger charge is 2.31. The van der Waals surface area contributed by atoms with Crippen molar-refractivity contribution in [3.05, 3.63) is 83.4 Å². The maximum Gasteiger partial charge on any atom is 0.337 e. The van der Waals surface area contributed by atoms with Crippen molar-refractivity contribution in [3.63, 3.8) is 0 Å². The van der Waals surface area contributed by atoms with E-state index in [1.807, 2.05) is 50.2 Å². The molecule has 3 aromatic rings. The molecule has 3 aromatic carbocycles. The fourth-order valence-corrected chi connectivity index (χ4v) is 4.90. The smallest absolute Gasteiger partial charge is 0.337 e. The number of hydrogen-bond donors (Lipinski definition) is 0. The van der Waals surface area contributed by atoms with Crippen LogP contribution in [0.4, 0.5) is 11.4 Å². The zero-order chi connectivity index (χ0) is 23.5. The largest absolute Gasteiger partial charge is 0.465 e. The van der Waals surface area contributed by atoms with E-state index in [9.17, 15) is 14.4 Å². The Morgan fingerprint density at radius 1 is 1.00 bits per heavy atom. The van der Waals surface area contributed by atoms with Crippen LogP contribution >= 0.6 is 11.8 Å². The minimum Gasteiger partial charge on any atom is -0.465 e. The highest BCUT2D eigenvalue weighted by Crippen LogP contribution is 2.41. The molecule has 0 saturated carbocycles. The van der Waals surface area contributed by atoms with Gasteiger partial charge in [0.05, 0.1) is 23.9 Å². The summed E-state index contributed by atoms with van der Waals surface area (Å²) in [6.07, 6.45) is 0. The Bertz CT molecular complexity index is 1240. The first kappa shape index (κ1) is 22.6. The summed E-state index contributed by atoms with van der Waals surface area (Å²) in [4.78, 5) is 43.9. The number of aryl methyl sites for hydroxylation is 1. The van der Waals surface area contributed by atoms with Crippen LogP contribution in [0.3, 0.4) is 0 Å². The topological polar surface area (TPSA) is 66.9 Å². The highest BCUT2D eigenvalue weighted by atomic mass is 32.2. The number of rotatable bonds is 5. The zero-order valence-corrected chi connectivity index (χ0v) is 19.5. The van der Waals surface area contributed by atoms with Gasteiger partial charge in [-0.2, -0.15) is 0 Å². The van der Waals surface area contributed by atoms with Gasteiger partial charge >= 0.3 is 5.97 Å². The molecule has 33 heavy (non-hydrogen) atoms. The van der Waals surface area contributed by atoms with Crippen molar-refractivity contribution >= 4 is 40.9 Å². The molecule has 7 heteroatoms. The summed E-state index contributed by atoms with van der Waals surface area (Å²) in [6, 6.07) is 20.1. The van der Waals surface area contributed by atoms with Crippen LogP contribution in [-0.4, -0.2) is 38.0 Å². The first-order valence-corrected chi connectivity index (χ1v) is 11.4. The van der Waals surface area contributed by atoms with Gasteiger partial charge in [0.15, 0.2) is 0 Å². The van der Waals surface area contributed by atoms with Crippen molar-refractivity contribution in [3.8, 4) is 0 Å². The van der Waals surface area contributed by atoms with E-state index in [-0.39, 0.29) is 18.4 Å². The minimum absolute atomic E-state index is 0.160. The van der Waals surface area contributed by atoms with Crippen LogP contribution in [0.2, 0.25) is 0 Å². The van der Waals surface area contributed by atoms with E-state index in [0.29, 0.717) is 23.4 Å². The Balaban J connectivity index is 1.77. The molecule has 1 aliphatic heterocycles. The van der Waals surface area contributed by atoms with Crippen LogP contribution < -0.4 is 9.80 Å². The number of methoxy groups -OCH3 is 1. The lowest BCUT2D eigenvalue weighted by Gasteiger charge is -2.27. The van der Waals surface area contributed by atoms with Crippen molar-refractivity contribution in [1.82, 2.24) is 0 Å². The van der Waals surface area contributed by atoms with E-state index >= 15 is 0 Å². The molecule has 0 saturated heterocycles. The number of hydrogen-bond acceptors (Lipinski definition) is 5. The van der Waals surface area contributed by atoms with Crippen molar-refractivity contribution in [2.24, 2.45) is 0 Å². The van der Waals surface area contributed by atoms with Crippen LogP contribution in [0.5, 0.6) is 0 Å². The summed E-state index contributed by atoms with van der Waals surface area (Å²) in [5.41, 5.74) is 3.17. The van der Waals surface area contributed by atoms with Crippen LogP contribution in [0, 0.1) is 6.92 Å². The average molecular weight is 461 g/mol. The average Bonchev–Trinajstić information content (AvgIpc) is 2.93. The molecule has 0 fully saturated rings. The van der Waals surface area contributed by atoms with Crippen LogP contribution in [0.25, 0.3) is 0 Å². The lowest BCUT2D eigenvalue weighted by Crippen LogP contribution is -2.43. The minimum atomic E-state index is -0.502. The molecule has 0 atom stereocenters. The van der Waals surface area contributed by atoms with Gasteiger partial charge in [0.1, 0.15) is 6.54 Å². The second-order valence-corrected chi connectivity index (χ2v) is 8.72. The summed E-state index contributed by atoms with van der Waals surface area (Å²) in [5.74, 6) is -0.999. The molecule has 4 rings (SSSR count). The van der Waals surface area contributed by atoms with Gasteiger partial charge < -0.3 is 9.64 Å². The van der Waals surface area contributed by atoms with E-state index in [1.54, 1.807) is 35.2 Å². The molecule has 0 spiro atoms. The van der Waals surface area contributed by atoms with Gasteiger partial charge in [0.25, 0.3) is 5.91 Å². The Labute approximate surface area is 197 Å². The highest BCUT2D eigenvalue weighted by molar-refractivity contribution is 7.99. The predicted molar refractivity (Wildman–Crippen MR) is 129 cm³/mol. The molecule has 0 aliphatic carbocycles. The molecule has 0 N–H and O–H groups in total. The van der Waals surface area contributed by atoms with Gasteiger partial charge in [-0.15, -0.1) is 0 Å². The second-order valence-electron chi connectivity index (χ2n) is 7.64. The van der Waals surface area contributed by atoms with Crippen molar-refractivity contribution in [2.75, 3.05) is 30.0 Å². The van der Waals surface area contributed by atoms with Crippen molar-refractivity contribution in [2.45, 2.75) is 23.6 Å². The summed E-state index contributed by atoms with van der Waals surface area (Å²) < 4.78 is 4.86. The zero-order valence-electron chi connectivity index (χ0n) is 18.7. The van der Waals surface area contributed by atoms with E-state index in [1.165, 1.54) is 23.8 Å². The Hall–Kier alpha value is -3.58. The van der Waals surface area contributed by atoms with Crippen molar-refractivity contribution in [1.29, 1.82) is 0 Å². The molecule has 1 aliphatic rings. The summed E-state index contributed by atoms with van der Waals surface area (Å²) in [6.45, 7) is 4.18. The SMILES string of the molecule is CCN(C(=O)CN1C(=O)c2ccccc2Sc2ccc(C(=O)OC)cc21)c1cccc(C)c1. The number of nitrogens with zero attached hydrogens (tertiary/aromatic N) is 2. The fourth-order valence-electron chi connectivity index (χ4n) is 3.84. The van der Waals surface area contributed by atoms with E-state index < -0.39 is 5.97 Å². The third-order valence-corrected chi connectivity index (χ3v) is 6.62. The monoisotopic (exact) mass is 460 g/mol. The molecule has 0 aromatic heterocycles. The van der Waals surface area contributed by atoms with Gasteiger partial charge in [-0.1, -0.05) is 36.0 Å². The van der Waals surface area contributed by atoms with E-state index in [2.05, 4.69) is 0 Å². The standard InChI is InChI=1S/C26H24N2O4S/c1-4-27(19-9-7-8-17(2)14-19)24(29)16-28-21-15-18(26(31)32-3)12-13-23(21)33-22-11-6-5-10-20(22)25(28)30/h5-15H,4,16H2,1-3H3. The molecule has 0 bridgehead atoms. The summed E-state index contributed by atoms with van der Waals surface area (Å²) in [5, 5.41) is 0. The summed E-state index contributed by atoms with van der Waals surface area (Å²) >= 11 is 1.44. The van der Waals surface area contributed by atoms with Gasteiger partial charge in [-0.05, 0) is 61.9 Å². The fraction of sp³-hybridized carbons (Fsp3) is 0.192. The van der Waals surface area contributed by atoms with Gasteiger partial charge in [0.2, 0.25) is 5.91 Å². The number of carbonyl (C=O) groups is 3. The normalized spacial score (nSPS) is 12.5. The third-order valence-electron chi connectivity index (χ3n) is 5.48. The third kappa shape index (κ3) is 4.50. The van der Waals surface area contributed by atoms with Crippen LogP contribution in [-0.2, 0) is 9.53 Å². The predicted octanol–water partition coefficient (Wildman–Crippen LogP) is 4.95. The second kappa shape index (κ2) is 9.50. The molecule has 2 amide bonds. The number of amides is 2. The maximum atomic E-state index is 13.6. The molecule has 0 unspecified atom stereocenters. The van der Waals surface area contributed by atoms with Gasteiger partial charge in [-0.3, -0.25) is 14.5 Å². The van der Waals surface area contributed by atoms with E-state index in [0.717, 1.165) is 21.0 Å². The Morgan fingerprint density at radius 3 is 2.52 bits per heavy atom. The molecule has 1 heterocycles. The van der Waals surface area contributed by atoms with Gasteiger partial charge in [-0.25, -0.2) is 4.79 Å². The maximum absolute atomic E-state index is 13.6. The number of likely N-dealkylation sites (N-methyl/N-ethyl adjacent to an activating group) is 1. The van der Waals surface area contributed by atoms with Gasteiger partial charge in [0, 0.05) is 22.0 Å². The lowest BCUT2D eigenvalue weighted by atomic mass is 10.1. The number of anilines is 2. The first-order valence-electron chi connectivity index (χ1n) is 10.6. The Kier molecular flexibility index (Phi) is 6.51. The number of carbonyl (C=O) groups excluding carboxylic acids is 3. The van der Waals surface area contributed by atoms with E-state index in [4.69, 9.17) is 4.74 Å². The molecular formula is C26H24N2O4S. The van der Waals surface area contributed by atoms with Crippen LogP contribution in [0.1, 0.15) is 33.2 Å². The Morgan fingerprint density at radius 2 is 1.79 bits per heavy atom.